The Morgan fingerprint density at radius 1 is 1.14 bits per heavy atom. The summed E-state index contributed by atoms with van der Waals surface area (Å²) in [7, 11) is 0. The maximum atomic E-state index is 13.3. The summed E-state index contributed by atoms with van der Waals surface area (Å²) in [6, 6.07) is 14.7. The van der Waals surface area contributed by atoms with Gasteiger partial charge in [0.05, 0.1) is 11.2 Å². The Bertz CT molecular complexity index is 802. The normalized spacial score (nSPS) is 10.8. The largest absolute Gasteiger partial charge is 0.380 e. The molecule has 0 atom stereocenters. The molecule has 0 aliphatic heterocycles. The summed E-state index contributed by atoms with van der Waals surface area (Å²) in [5.74, 6) is -0.253. The molecule has 4 heteroatoms. The van der Waals surface area contributed by atoms with E-state index in [4.69, 9.17) is 0 Å². The van der Waals surface area contributed by atoms with E-state index < -0.39 is 0 Å². The zero-order valence-electron chi connectivity index (χ0n) is 11.5. The van der Waals surface area contributed by atoms with Gasteiger partial charge < -0.3 is 5.32 Å². The molecule has 3 rings (SSSR count). The highest BCUT2D eigenvalue weighted by atomic mass is 79.9. The van der Waals surface area contributed by atoms with Crippen molar-refractivity contribution >= 4 is 32.5 Å². The Hall–Kier alpha value is -1.94. The summed E-state index contributed by atoms with van der Waals surface area (Å²) in [6.45, 7) is 2.60. The van der Waals surface area contributed by atoms with Crippen LogP contribution in [-0.4, -0.2) is 4.98 Å². The predicted octanol–water partition coefficient (Wildman–Crippen LogP) is 5.06. The molecule has 0 bridgehead atoms. The minimum Gasteiger partial charge on any atom is -0.380 e. The van der Waals surface area contributed by atoms with E-state index in [0.717, 1.165) is 32.3 Å². The summed E-state index contributed by atoms with van der Waals surface area (Å²) in [5.41, 5.74) is 3.85. The smallest absolute Gasteiger partial charge is 0.125 e. The van der Waals surface area contributed by atoms with Gasteiger partial charge in [-0.3, -0.25) is 4.98 Å². The lowest BCUT2D eigenvalue weighted by Crippen LogP contribution is -2.02. The van der Waals surface area contributed by atoms with Crippen LogP contribution < -0.4 is 5.32 Å². The van der Waals surface area contributed by atoms with Crippen LogP contribution in [0, 0.1) is 12.7 Å². The van der Waals surface area contributed by atoms with Crippen molar-refractivity contribution in [1.82, 2.24) is 4.98 Å². The third-order valence-electron chi connectivity index (χ3n) is 3.33. The Labute approximate surface area is 131 Å². The number of pyridine rings is 1. The molecule has 0 aliphatic carbocycles. The second kappa shape index (κ2) is 5.82. The first-order valence-electron chi connectivity index (χ1n) is 6.68. The van der Waals surface area contributed by atoms with Gasteiger partial charge in [0.1, 0.15) is 5.82 Å². The Morgan fingerprint density at radius 2 is 1.95 bits per heavy atom. The van der Waals surface area contributed by atoms with Gasteiger partial charge in [-0.2, -0.15) is 0 Å². The maximum Gasteiger partial charge on any atom is 0.125 e. The highest BCUT2D eigenvalue weighted by Gasteiger charge is 2.06. The average molecular weight is 345 g/mol. The van der Waals surface area contributed by atoms with Gasteiger partial charge in [0.25, 0.3) is 0 Å². The average Bonchev–Trinajstić information content (AvgIpc) is 2.47. The molecule has 0 fully saturated rings. The summed E-state index contributed by atoms with van der Waals surface area (Å²) in [6.07, 6.45) is 0. The minimum absolute atomic E-state index is 0.253. The molecular formula is C17H14BrFN2. The molecule has 0 aliphatic rings. The molecule has 21 heavy (non-hydrogen) atoms. The third-order valence-corrected chi connectivity index (χ3v) is 4.02. The zero-order valence-corrected chi connectivity index (χ0v) is 13.1. The number of halogens is 2. The van der Waals surface area contributed by atoms with Gasteiger partial charge in [-0.1, -0.05) is 18.2 Å². The molecule has 2 nitrogen and oxygen atoms in total. The number of hydrogen-bond donors (Lipinski definition) is 1. The maximum absolute atomic E-state index is 13.3. The van der Waals surface area contributed by atoms with Crippen molar-refractivity contribution in [2.75, 3.05) is 5.32 Å². The van der Waals surface area contributed by atoms with Gasteiger partial charge in [-0.05, 0) is 58.7 Å². The highest BCUT2D eigenvalue weighted by Crippen LogP contribution is 2.25. The van der Waals surface area contributed by atoms with Crippen molar-refractivity contribution < 1.29 is 4.39 Å². The van der Waals surface area contributed by atoms with E-state index in [1.165, 1.54) is 12.1 Å². The summed E-state index contributed by atoms with van der Waals surface area (Å²) >= 11 is 3.43. The van der Waals surface area contributed by atoms with Gasteiger partial charge in [-0.15, -0.1) is 0 Å². The zero-order chi connectivity index (χ0) is 14.8. The molecule has 3 aromatic rings. The predicted molar refractivity (Wildman–Crippen MR) is 87.9 cm³/mol. The number of nitrogens with zero attached hydrogens (tertiary/aromatic N) is 1. The summed E-state index contributed by atoms with van der Waals surface area (Å²) < 4.78 is 14.2. The quantitative estimate of drug-likeness (QED) is 0.718. The summed E-state index contributed by atoms with van der Waals surface area (Å²) in [4.78, 5) is 4.53. The number of para-hydroxylation sites is 1. The molecule has 0 saturated heterocycles. The topological polar surface area (TPSA) is 24.9 Å². The van der Waals surface area contributed by atoms with Crippen molar-refractivity contribution in [3.63, 3.8) is 0 Å². The van der Waals surface area contributed by atoms with E-state index in [1.807, 2.05) is 25.1 Å². The first-order chi connectivity index (χ1) is 10.1. The first kappa shape index (κ1) is 14.0. The van der Waals surface area contributed by atoms with Crippen LogP contribution in [0.1, 0.15) is 11.3 Å². The lowest BCUT2D eigenvalue weighted by molar-refractivity contribution is 0.628. The molecule has 0 amide bonds. The molecule has 2 aromatic carbocycles. The van der Waals surface area contributed by atoms with Gasteiger partial charge in [0.2, 0.25) is 0 Å². The van der Waals surface area contributed by atoms with Crippen LogP contribution in [0.2, 0.25) is 0 Å². The van der Waals surface area contributed by atoms with Gasteiger partial charge >= 0.3 is 0 Å². The number of aromatic nitrogens is 1. The van der Waals surface area contributed by atoms with E-state index in [-0.39, 0.29) is 5.82 Å². The molecule has 0 spiro atoms. The Morgan fingerprint density at radius 3 is 2.81 bits per heavy atom. The Balaban J connectivity index is 1.93. The lowest BCUT2D eigenvalue weighted by atomic mass is 10.1. The van der Waals surface area contributed by atoms with Crippen molar-refractivity contribution in [1.29, 1.82) is 0 Å². The van der Waals surface area contributed by atoms with Crippen LogP contribution in [0.15, 0.2) is 53.0 Å². The summed E-state index contributed by atoms with van der Waals surface area (Å²) in [5, 5.41) is 4.39. The van der Waals surface area contributed by atoms with E-state index in [1.54, 1.807) is 6.07 Å². The number of anilines is 1. The SMILES string of the molecule is Cc1cc(CNc2cc(F)ccc2Br)c2ccccc2n1. The van der Waals surface area contributed by atoms with Crippen LogP contribution in [0.5, 0.6) is 0 Å². The molecular weight excluding hydrogens is 331 g/mol. The fourth-order valence-corrected chi connectivity index (χ4v) is 2.75. The second-order valence-electron chi connectivity index (χ2n) is 4.92. The van der Waals surface area contributed by atoms with Crippen LogP contribution >= 0.6 is 15.9 Å². The second-order valence-corrected chi connectivity index (χ2v) is 5.77. The van der Waals surface area contributed by atoms with Crippen molar-refractivity contribution in [3.8, 4) is 0 Å². The highest BCUT2D eigenvalue weighted by molar-refractivity contribution is 9.10. The van der Waals surface area contributed by atoms with Crippen LogP contribution in [0.25, 0.3) is 10.9 Å². The molecule has 106 valence electrons. The van der Waals surface area contributed by atoms with Crippen molar-refractivity contribution in [3.05, 3.63) is 70.1 Å². The molecule has 0 radical (unpaired) electrons. The fraction of sp³-hybridized carbons (Fsp3) is 0.118. The van der Waals surface area contributed by atoms with E-state index in [9.17, 15) is 4.39 Å². The van der Waals surface area contributed by atoms with Gasteiger partial charge in [0, 0.05) is 22.1 Å². The first-order valence-corrected chi connectivity index (χ1v) is 7.47. The molecule has 1 heterocycles. The number of hydrogen-bond acceptors (Lipinski definition) is 2. The van der Waals surface area contributed by atoms with Crippen LogP contribution in [0.3, 0.4) is 0 Å². The minimum atomic E-state index is -0.253. The number of fused-ring (bicyclic) bond motifs is 1. The van der Waals surface area contributed by atoms with Crippen LogP contribution in [-0.2, 0) is 6.54 Å². The molecule has 0 saturated carbocycles. The number of nitrogens with one attached hydrogen (secondary N) is 1. The third kappa shape index (κ3) is 3.05. The van der Waals surface area contributed by atoms with E-state index in [0.29, 0.717) is 6.54 Å². The molecule has 1 N–H and O–H groups in total. The van der Waals surface area contributed by atoms with Crippen molar-refractivity contribution in [2.45, 2.75) is 13.5 Å². The number of aryl methyl sites for hydroxylation is 1. The van der Waals surface area contributed by atoms with E-state index >= 15 is 0 Å². The van der Waals surface area contributed by atoms with Gasteiger partial charge in [-0.25, -0.2) is 4.39 Å². The standard InChI is InChI=1S/C17H14BrFN2/c1-11-8-12(14-4-2-3-5-16(14)21-11)10-20-17-9-13(19)6-7-15(17)18/h2-9,20H,10H2,1H3. The van der Waals surface area contributed by atoms with Crippen LogP contribution in [0.4, 0.5) is 10.1 Å². The van der Waals surface area contributed by atoms with Gasteiger partial charge in [0.15, 0.2) is 0 Å². The monoisotopic (exact) mass is 344 g/mol. The van der Waals surface area contributed by atoms with E-state index in [2.05, 4.69) is 38.4 Å². The molecule has 1 aromatic heterocycles. The Kier molecular flexibility index (Phi) is 3.88. The number of rotatable bonds is 3. The lowest BCUT2D eigenvalue weighted by Gasteiger charge is -2.11. The number of benzene rings is 2. The van der Waals surface area contributed by atoms with Crippen molar-refractivity contribution in [2.24, 2.45) is 0 Å². The molecule has 0 unspecified atom stereocenters. The fourth-order valence-electron chi connectivity index (χ4n) is 2.36.